The van der Waals surface area contributed by atoms with Gasteiger partial charge in [0.2, 0.25) is 11.8 Å². The van der Waals surface area contributed by atoms with Crippen molar-refractivity contribution in [1.29, 1.82) is 0 Å². The minimum atomic E-state index is -0.320. The maximum absolute atomic E-state index is 13.1. The van der Waals surface area contributed by atoms with Crippen molar-refractivity contribution in [2.24, 2.45) is 11.8 Å². The Bertz CT molecular complexity index is 907. The van der Waals surface area contributed by atoms with Gasteiger partial charge in [0.05, 0.1) is 23.0 Å². The van der Waals surface area contributed by atoms with Crippen LogP contribution >= 0.6 is 0 Å². The lowest BCUT2D eigenvalue weighted by molar-refractivity contribution is -0.132. The fraction of sp³-hybridized carbons (Fsp3) is 0.609. The molecule has 1 saturated heterocycles. The number of carbonyl (C=O) groups is 2. The van der Waals surface area contributed by atoms with Gasteiger partial charge in [0, 0.05) is 24.5 Å². The summed E-state index contributed by atoms with van der Waals surface area (Å²) >= 11 is 0. The third-order valence-electron chi connectivity index (χ3n) is 5.69. The van der Waals surface area contributed by atoms with Crippen LogP contribution in [0.1, 0.15) is 72.8 Å². The predicted molar refractivity (Wildman–Crippen MR) is 115 cm³/mol. The van der Waals surface area contributed by atoms with Crippen molar-refractivity contribution in [3.63, 3.8) is 0 Å². The normalized spacial score (nSPS) is 18.9. The Balaban J connectivity index is 1.89. The maximum Gasteiger partial charge on any atom is 0.226 e. The molecular weight excluding hydrogens is 364 g/mol. The highest BCUT2D eigenvalue weighted by molar-refractivity contribution is 5.89. The average Bonchev–Trinajstić information content (AvgIpc) is 3.19. The quantitative estimate of drug-likeness (QED) is 0.825. The van der Waals surface area contributed by atoms with E-state index in [1.807, 2.05) is 43.9 Å². The molecule has 0 bridgehead atoms. The van der Waals surface area contributed by atoms with Crippen LogP contribution in [0.25, 0.3) is 11.0 Å². The zero-order valence-corrected chi connectivity index (χ0v) is 18.7. The van der Waals surface area contributed by atoms with Crippen molar-refractivity contribution in [3.8, 4) is 0 Å². The summed E-state index contributed by atoms with van der Waals surface area (Å²) in [7, 11) is 0. The second kappa shape index (κ2) is 7.81. The molecule has 1 aromatic heterocycles. The Morgan fingerprint density at radius 1 is 1.17 bits per heavy atom. The first-order valence-electron chi connectivity index (χ1n) is 10.6. The van der Waals surface area contributed by atoms with E-state index in [1.165, 1.54) is 0 Å². The summed E-state index contributed by atoms with van der Waals surface area (Å²) in [5.41, 5.74) is 1.74. The van der Waals surface area contributed by atoms with E-state index in [2.05, 4.69) is 43.6 Å². The van der Waals surface area contributed by atoms with Crippen molar-refractivity contribution in [3.05, 3.63) is 30.1 Å². The SMILES string of the molecule is CC(C)[C@@H](NC(=O)[C@H]1CC(=O)N(C(C)(C)C)C1)c1nc2ccccc2n1C(C)C. The molecule has 158 valence electrons. The Labute approximate surface area is 173 Å². The monoisotopic (exact) mass is 398 g/mol. The van der Waals surface area contributed by atoms with Gasteiger partial charge in [0.25, 0.3) is 0 Å². The average molecular weight is 399 g/mol. The first-order chi connectivity index (χ1) is 13.5. The lowest BCUT2D eigenvalue weighted by Gasteiger charge is -2.32. The Morgan fingerprint density at radius 2 is 1.83 bits per heavy atom. The van der Waals surface area contributed by atoms with Gasteiger partial charge in [-0.1, -0.05) is 26.0 Å². The molecule has 6 heteroatoms. The van der Waals surface area contributed by atoms with E-state index in [0.29, 0.717) is 6.54 Å². The lowest BCUT2D eigenvalue weighted by atomic mass is 10.0. The number of para-hydroxylation sites is 2. The topological polar surface area (TPSA) is 67.2 Å². The largest absolute Gasteiger partial charge is 0.346 e. The number of benzene rings is 1. The number of rotatable bonds is 5. The summed E-state index contributed by atoms with van der Waals surface area (Å²) in [5.74, 6) is 0.713. The molecule has 0 unspecified atom stereocenters. The molecule has 0 radical (unpaired) electrons. The predicted octanol–water partition coefficient (Wildman–Crippen LogP) is 4.08. The highest BCUT2D eigenvalue weighted by Crippen LogP contribution is 2.31. The summed E-state index contributed by atoms with van der Waals surface area (Å²) < 4.78 is 2.21. The molecule has 0 aliphatic carbocycles. The minimum absolute atomic E-state index is 0.0492. The molecule has 2 aromatic rings. The summed E-state index contributed by atoms with van der Waals surface area (Å²) in [5, 5.41) is 3.22. The second-order valence-corrected chi connectivity index (χ2v) is 9.73. The van der Waals surface area contributed by atoms with Gasteiger partial charge in [0.15, 0.2) is 0 Å². The fourth-order valence-corrected chi connectivity index (χ4v) is 4.16. The molecule has 3 rings (SSSR count). The van der Waals surface area contributed by atoms with Crippen LogP contribution in [0.4, 0.5) is 0 Å². The fourth-order valence-electron chi connectivity index (χ4n) is 4.16. The van der Waals surface area contributed by atoms with Gasteiger partial charge in [-0.3, -0.25) is 9.59 Å². The highest BCUT2D eigenvalue weighted by Gasteiger charge is 2.40. The van der Waals surface area contributed by atoms with Crippen LogP contribution in [-0.2, 0) is 9.59 Å². The smallest absolute Gasteiger partial charge is 0.226 e. The third kappa shape index (κ3) is 4.16. The molecule has 1 fully saturated rings. The van der Waals surface area contributed by atoms with Crippen LogP contribution in [0.5, 0.6) is 0 Å². The van der Waals surface area contributed by atoms with Crippen molar-refractivity contribution in [2.45, 2.75) is 72.5 Å². The van der Waals surface area contributed by atoms with Crippen molar-refractivity contribution >= 4 is 22.8 Å². The van der Waals surface area contributed by atoms with Crippen molar-refractivity contribution in [1.82, 2.24) is 19.8 Å². The molecule has 1 aliphatic heterocycles. The molecule has 6 nitrogen and oxygen atoms in total. The van der Waals surface area contributed by atoms with E-state index in [4.69, 9.17) is 4.98 Å². The van der Waals surface area contributed by atoms with Crippen LogP contribution < -0.4 is 5.32 Å². The molecule has 1 N–H and O–H groups in total. The van der Waals surface area contributed by atoms with Crippen molar-refractivity contribution < 1.29 is 9.59 Å². The maximum atomic E-state index is 13.1. The molecule has 2 atom stereocenters. The number of amides is 2. The Morgan fingerprint density at radius 3 is 2.38 bits per heavy atom. The first kappa shape index (κ1) is 21.3. The van der Waals surface area contributed by atoms with Gasteiger partial charge in [0.1, 0.15) is 5.82 Å². The zero-order valence-electron chi connectivity index (χ0n) is 18.7. The number of hydrogen-bond acceptors (Lipinski definition) is 3. The number of carbonyl (C=O) groups excluding carboxylic acids is 2. The van der Waals surface area contributed by atoms with E-state index < -0.39 is 0 Å². The summed E-state index contributed by atoms with van der Waals surface area (Å²) in [6.45, 7) is 14.9. The van der Waals surface area contributed by atoms with E-state index in [-0.39, 0.29) is 47.7 Å². The number of nitrogens with zero attached hydrogens (tertiary/aromatic N) is 3. The van der Waals surface area contributed by atoms with Crippen LogP contribution in [0, 0.1) is 11.8 Å². The number of nitrogens with one attached hydrogen (secondary N) is 1. The summed E-state index contributed by atoms with van der Waals surface area (Å²) in [6, 6.07) is 8.09. The van der Waals surface area contributed by atoms with E-state index in [0.717, 1.165) is 16.9 Å². The summed E-state index contributed by atoms with van der Waals surface area (Å²) in [6.07, 6.45) is 0.272. The molecule has 2 heterocycles. The zero-order chi connectivity index (χ0) is 21.5. The van der Waals surface area contributed by atoms with Gasteiger partial charge in [-0.2, -0.15) is 0 Å². The van der Waals surface area contributed by atoms with E-state index in [9.17, 15) is 9.59 Å². The number of fused-ring (bicyclic) bond motifs is 1. The van der Waals surface area contributed by atoms with Gasteiger partial charge in [-0.25, -0.2) is 4.98 Å². The molecule has 0 saturated carbocycles. The van der Waals surface area contributed by atoms with Gasteiger partial charge < -0.3 is 14.8 Å². The van der Waals surface area contributed by atoms with Gasteiger partial charge in [-0.15, -0.1) is 0 Å². The van der Waals surface area contributed by atoms with Gasteiger partial charge >= 0.3 is 0 Å². The van der Waals surface area contributed by atoms with Crippen LogP contribution in [-0.4, -0.2) is 38.3 Å². The Hall–Kier alpha value is -2.37. The summed E-state index contributed by atoms with van der Waals surface area (Å²) in [4.78, 5) is 32.2. The minimum Gasteiger partial charge on any atom is -0.346 e. The van der Waals surface area contributed by atoms with E-state index >= 15 is 0 Å². The number of aromatic nitrogens is 2. The Kier molecular flexibility index (Phi) is 5.74. The third-order valence-corrected chi connectivity index (χ3v) is 5.69. The highest BCUT2D eigenvalue weighted by atomic mass is 16.2. The lowest BCUT2D eigenvalue weighted by Crippen LogP contribution is -2.44. The van der Waals surface area contributed by atoms with E-state index in [1.54, 1.807) is 0 Å². The molecule has 2 amide bonds. The molecule has 1 aliphatic rings. The standard InChI is InChI=1S/C23H34N4O2/c1-14(2)20(21-24-17-10-8-9-11-18(17)27(21)15(3)4)25-22(29)16-12-19(28)26(13-16)23(5,6)7/h8-11,14-16,20H,12-13H2,1-7H3,(H,25,29)/t16-,20+/m0/s1. The van der Waals surface area contributed by atoms with Gasteiger partial charge in [-0.05, 0) is 52.7 Å². The van der Waals surface area contributed by atoms with Crippen LogP contribution in [0.2, 0.25) is 0 Å². The molecule has 29 heavy (non-hydrogen) atoms. The van der Waals surface area contributed by atoms with Crippen molar-refractivity contribution in [2.75, 3.05) is 6.54 Å². The number of hydrogen-bond donors (Lipinski definition) is 1. The molecular formula is C23H34N4O2. The number of imidazole rings is 1. The number of likely N-dealkylation sites (tertiary alicyclic amines) is 1. The van der Waals surface area contributed by atoms with Crippen LogP contribution in [0.3, 0.4) is 0 Å². The first-order valence-corrected chi connectivity index (χ1v) is 10.6. The molecule has 0 spiro atoms. The molecule has 1 aromatic carbocycles. The second-order valence-electron chi connectivity index (χ2n) is 9.73. The van der Waals surface area contributed by atoms with Crippen LogP contribution in [0.15, 0.2) is 24.3 Å².